The number of benzene rings is 2. The van der Waals surface area contributed by atoms with Crippen molar-refractivity contribution < 1.29 is 4.79 Å². The monoisotopic (exact) mass is 295 g/mol. The lowest BCUT2D eigenvalue weighted by Gasteiger charge is -2.70. The van der Waals surface area contributed by atoms with Crippen LogP contribution < -0.4 is 0 Å². The minimum atomic E-state index is -0.228. The second-order valence-corrected chi connectivity index (χ2v) is 7.18. The zero-order valence-electron chi connectivity index (χ0n) is 12.0. The van der Waals surface area contributed by atoms with E-state index in [2.05, 4.69) is 43.3 Å². The van der Waals surface area contributed by atoms with Gasteiger partial charge in [-0.2, -0.15) is 0 Å². The molecule has 2 aliphatic rings. The summed E-state index contributed by atoms with van der Waals surface area (Å²) >= 11 is 1.89. The molecule has 2 unspecified atom stereocenters. The summed E-state index contributed by atoms with van der Waals surface area (Å²) in [5.41, 5.74) is 2.21. The molecular formula is C18H17NOS. The van der Waals surface area contributed by atoms with E-state index in [0.717, 1.165) is 5.75 Å². The first-order valence-electron chi connectivity index (χ1n) is 7.24. The maximum absolute atomic E-state index is 12.6. The molecule has 2 fully saturated rings. The standard InChI is InChI=1S/C18H17NOS/c1-17-13-21-18(17,15-10-6-3-7-11-15)19(16(17)20)12-14-8-4-2-5-9-14/h2-11H,12-13H2,1H3. The molecular weight excluding hydrogens is 278 g/mol. The summed E-state index contributed by atoms with van der Waals surface area (Å²) in [6.07, 6.45) is 0. The number of hydrogen-bond donors (Lipinski definition) is 0. The number of likely N-dealkylation sites (tertiary alicyclic amines) is 1. The first-order valence-corrected chi connectivity index (χ1v) is 8.22. The van der Waals surface area contributed by atoms with Crippen molar-refractivity contribution in [3.63, 3.8) is 0 Å². The van der Waals surface area contributed by atoms with Gasteiger partial charge in [0.25, 0.3) is 0 Å². The summed E-state index contributed by atoms with van der Waals surface area (Å²) in [7, 11) is 0. The predicted molar refractivity (Wildman–Crippen MR) is 85.7 cm³/mol. The van der Waals surface area contributed by atoms with Gasteiger partial charge in [0, 0.05) is 12.3 Å². The Bertz CT molecular complexity index is 687. The van der Waals surface area contributed by atoms with Crippen LogP contribution in [0.4, 0.5) is 0 Å². The number of fused-ring (bicyclic) bond motifs is 1. The van der Waals surface area contributed by atoms with Crippen LogP contribution in [-0.4, -0.2) is 16.6 Å². The maximum Gasteiger partial charge on any atom is 0.234 e. The van der Waals surface area contributed by atoms with Crippen LogP contribution in [0.15, 0.2) is 60.7 Å². The number of amides is 1. The summed E-state index contributed by atoms with van der Waals surface area (Å²) in [5.74, 6) is 1.21. The largest absolute Gasteiger partial charge is 0.318 e. The summed E-state index contributed by atoms with van der Waals surface area (Å²) in [6.45, 7) is 2.80. The highest BCUT2D eigenvalue weighted by molar-refractivity contribution is 8.02. The minimum Gasteiger partial charge on any atom is -0.318 e. The molecule has 0 spiro atoms. The van der Waals surface area contributed by atoms with Crippen LogP contribution in [0.5, 0.6) is 0 Å². The quantitative estimate of drug-likeness (QED) is 0.806. The number of rotatable bonds is 3. The fourth-order valence-electron chi connectivity index (χ4n) is 3.57. The lowest BCUT2D eigenvalue weighted by Crippen LogP contribution is -2.79. The second kappa shape index (κ2) is 4.38. The van der Waals surface area contributed by atoms with Crippen LogP contribution in [0.2, 0.25) is 0 Å². The van der Waals surface area contributed by atoms with Gasteiger partial charge in [-0.25, -0.2) is 0 Å². The van der Waals surface area contributed by atoms with Gasteiger partial charge in [0.2, 0.25) is 5.91 Å². The van der Waals surface area contributed by atoms with E-state index in [1.54, 1.807) is 0 Å². The number of thioether (sulfide) groups is 1. The van der Waals surface area contributed by atoms with Crippen LogP contribution in [-0.2, 0) is 16.2 Å². The highest BCUT2D eigenvalue weighted by Crippen LogP contribution is 2.71. The summed E-state index contributed by atoms with van der Waals surface area (Å²) in [6, 6.07) is 20.7. The topological polar surface area (TPSA) is 20.3 Å². The van der Waals surface area contributed by atoms with Crippen molar-refractivity contribution in [3.05, 3.63) is 71.8 Å². The number of carbonyl (C=O) groups excluding carboxylic acids is 1. The summed E-state index contributed by atoms with van der Waals surface area (Å²) < 4.78 is 0. The fourth-order valence-corrected chi connectivity index (χ4v) is 5.23. The average molecular weight is 295 g/mol. The van der Waals surface area contributed by atoms with E-state index in [0.29, 0.717) is 6.54 Å². The van der Waals surface area contributed by atoms with E-state index < -0.39 is 0 Å². The van der Waals surface area contributed by atoms with Gasteiger partial charge in [-0.05, 0) is 18.1 Å². The van der Waals surface area contributed by atoms with Crippen LogP contribution in [0.3, 0.4) is 0 Å². The van der Waals surface area contributed by atoms with Gasteiger partial charge in [-0.15, -0.1) is 11.8 Å². The van der Waals surface area contributed by atoms with Crippen molar-refractivity contribution in [2.75, 3.05) is 5.75 Å². The Morgan fingerprint density at radius 2 is 1.67 bits per heavy atom. The van der Waals surface area contributed by atoms with E-state index in [-0.39, 0.29) is 16.2 Å². The van der Waals surface area contributed by atoms with Crippen LogP contribution in [0.25, 0.3) is 0 Å². The summed E-state index contributed by atoms with van der Waals surface area (Å²) in [5, 5.41) is 0. The third kappa shape index (κ3) is 1.53. The third-order valence-corrected chi connectivity index (χ3v) is 6.81. The van der Waals surface area contributed by atoms with E-state index in [4.69, 9.17) is 0 Å². The SMILES string of the molecule is CC12CSC1(c1ccccc1)N(Cc1ccccc1)C2=O. The average Bonchev–Trinajstić information content (AvgIpc) is 2.54. The molecule has 2 nitrogen and oxygen atoms in total. The molecule has 106 valence electrons. The molecule has 4 rings (SSSR count). The predicted octanol–water partition coefficient (Wildman–Crippen LogP) is 3.63. The molecule has 3 heteroatoms. The molecule has 0 aromatic heterocycles. The maximum atomic E-state index is 12.6. The Balaban J connectivity index is 1.72. The van der Waals surface area contributed by atoms with Gasteiger partial charge in [0.1, 0.15) is 4.87 Å². The van der Waals surface area contributed by atoms with Crippen molar-refractivity contribution in [2.24, 2.45) is 5.41 Å². The van der Waals surface area contributed by atoms with Crippen LogP contribution in [0.1, 0.15) is 18.1 Å². The molecule has 1 amide bonds. The first kappa shape index (κ1) is 13.0. The molecule has 21 heavy (non-hydrogen) atoms. The molecule has 0 N–H and O–H groups in total. The minimum absolute atomic E-state index is 0.165. The lowest BCUT2D eigenvalue weighted by atomic mass is 9.68. The second-order valence-electron chi connectivity index (χ2n) is 6.01. The van der Waals surface area contributed by atoms with Crippen molar-refractivity contribution in [2.45, 2.75) is 18.3 Å². The van der Waals surface area contributed by atoms with E-state index in [1.807, 2.05) is 40.9 Å². The number of nitrogens with zero attached hydrogens (tertiary/aromatic N) is 1. The first-order chi connectivity index (χ1) is 10.2. The van der Waals surface area contributed by atoms with Crippen molar-refractivity contribution in [1.82, 2.24) is 4.90 Å². The van der Waals surface area contributed by atoms with Crippen LogP contribution >= 0.6 is 11.8 Å². The Labute approximate surface area is 129 Å². The Morgan fingerprint density at radius 1 is 1.05 bits per heavy atom. The normalized spacial score (nSPS) is 30.3. The molecule has 2 aliphatic heterocycles. The fraction of sp³-hybridized carbons (Fsp3) is 0.278. The Morgan fingerprint density at radius 3 is 2.24 bits per heavy atom. The third-order valence-electron chi connectivity index (χ3n) is 4.76. The van der Waals surface area contributed by atoms with E-state index >= 15 is 0 Å². The zero-order valence-corrected chi connectivity index (χ0v) is 12.8. The molecule has 2 saturated heterocycles. The molecule has 2 aromatic carbocycles. The zero-order chi connectivity index (χ0) is 14.5. The van der Waals surface area contributed by atoms with Crippen molar-refractivity contribution in [3.8, 4) is 0 Å². The highest BCUT2D eigenvalue weighted by Gasteiger charge is 2.75. The molecule has 2 aromatic rings. The van der Waals surface area contributed by atoms with Gasteiger partial charge in [-0.3, -0.25) is 4.79 Å². The molecule has 2 heterocycles. The van der Waals surface area contributed by atoms with Gasteiger partial charge in [0.15, 0.2) is 0 Å². The van der Waals surface area contributed by atoms with Gasteiger partial charge in [0.05, 0.1) is 5.41 Å². The van der Waals surface area contributed by atoms with Crippen molar-refractivity contribution in [1.29, 1.82) is 0 Å². The van der Waals surface area contributed by atoms with E-state index in [9.17, 15) is 4.79 Å². The molecule has 0 bridgehead atoms. The van der Waals surface area contributed by atoms with Gasteiger partial charge >= 0.3 is 0 Å². The molecule has 0 aliphatic carbocycles. The lowest BCUT2D eigenvalue weighted by molar-refractivity contribution is -0.180. The Hall–Kier alpha value is -1.74. The number of carbonyl (C=O) groups is 1. The molecule has 0 radical (unpaired) electrons. The molecule has 2 atom stereocenters. The van der Waals surface area contributed by atoms with Crippen molar-refractivity contribution >= 4 is 17.7 Å². The number of hydrogen-bond acceptors (Lipinski definition) is 2. The smallest absolute Gasteiger partial charge is 0.234 e. The summed E-state index contributed by atoms with van der Waals surface area (Å²) in [4.78, 5) is 14.5. The van der Waals surface area contributed by atoms with Gasteiger partial charge in [-0.1, -0.05) is 60.7 Å². The Kier molecular flexibility index (Phi) is 2.70. The highest BCUT2D eigenvalue weighted by atomic mass is 32.2. The van der Waals surface area contributed by atoms with E-state index in [1.165, 1.54) is 11.1 Å². The van der Waals surface area contributed by atoms with Gasteiger partial charge < -0.3 is 4.90 Å². The molecule has 0 saturated carbocycles. The number of β-lactam (4-membered cyclic amide) rings is 1. The van der Waals surface area contributed by atoms with Crippen LogP contribution in [0, 0.1) is 5.41 Å².